The highest BCUT2D eigenvalue weighted by Gasteiger charge is 2.30. The molecule has 2 aliphatic heterocycles. The maximum atomic E-state index is 12.5. The number of pyridine rings is 1. The van der Waals surface area contributed by atoms with Crippen LogP contribution in [0.25, 0.3) is 10.9 Å². The van der Waals surface area contributed by atoms with E-state index >= 15 is 0 Å². The van der Waals surface area contributed by atoms with Gasteiger partial charge in [-0.15, -0.1) is 5.10 Å². The van der Waals surface area contributed by atoms with Crippen LogP contribution in [0.4, 0.5) is 0 Å². The lowest BCUT2D eigenvalue weighted by Crippen LogP contribution is -2.31. The van der Waals surface area contributed by atoms with E-state index in [-0.39, 0.29) is 11.5 Å². The molecule has 0 spiro atoms. The average molecular weight is 468 g/mol. The first-order valence-electron chi connectivity index (χ1n) is 11.5. The Labute approximate surface area is 197 Å². The van der Waals surface area contributed by atoms with Gasteiger partial charge in [-0.1, -0.05) is 0 Å². The molecule has 0 radical (unpaired) electrons. The molecule has 2 N–H and O–H groups in total. The van der Waals surface area contributed by atoms with Crippen molar-refractivity contribution in [2.24, 2.45) is 5.92 Å². The maximum absolute atomic E-state index is 12.5. The Morgan fingerprint density at radius 1 is 1.12 bits per heavy atom. The van der Waals surface area contributed by atoms with E-state index in [1.165, 1.54) is 0 Å². The van der Waals surface area contributed by atoms with Gasteiger partial charge in [0.2, 0.25) is 0 Å². The van der Waals surface area contributed by atoms with Crippen LogP contribution in [0.5, 0.6) is 17.4 Å². The SMILES string of the molecule is COc1ccc2ccc(=O)n(CCN3CC(O)C(CNCc4cc5c(nn4)OCCO5)C3)c2c1. The van der Waals surface area contributed by atoms with Crippen molar-refractivity contribution in [2.75, 3.05) is 46.5 Å². The van der Waals surface area contributed by atoms with Gasteiger partial charge < -0.3 is 29.2 Å². The van der Waals surface area contributed by atoms with Gasteiger partial charge in [0.05, 0.1) is 24.4 Å². The van der Waals surface area contributed by atoms with Crippen LogP contribution in [0, 0.1) is 5.92 Å². The zero-order valence-corrected chi connectivity index (χ0v) is 19.1. The van der Waals surface area contributed by atoms with Crippen LogP contribution in [0.3, 0.4) is 0 Å². The summed E-state index contributed by atoms with van der Waals surface area (Å²) in [7, 11) is 1.62. The molecule has 2 atom stereocenters. The molecule has 180 valence electrons. The number of fused-ring (bicyclic) bond motifs is 2. The highest BCUT2D eigenvalue weighted by Crippen LogP contribution is 2.26. The van der Waals surface area contributed by atoms with E-state index in [0.29, 0.717) is 57.6 Å². The first-order chi connectivity index (χ1) is 16.6. The van der Waals surface area contributed by atoms with E-state index in [0.717, 1.165) is 28.9 Å². The molecule has 5 rings (SSSR count). The molecule has 0 amide bonds. The zero-order chi connectivity index (χ0) is 23.5. The molecule has 0 bridgehead atoms. The quantitative estimate of drug-likeness (QED) is 0.493. The van der Waals surface area contributed by atoms with Gasteiger partial charge in [-0.05, 0) is 23.6 Å². The molecule has 1 aromatic carbocycles. The minimum Gasteiger partial charge on any atom is -0.497 e. The average Bonchev–Trinajstić information content (AvgIpc) is 3.22. The number of hydrogen-bond donors (Lipinski definition) is 2. The molecule has 2 unspecified atom stereocenters. The fourth-order valence-electron chi connectivity index (χ4n) is 4.56. The number of likely N-dealkylation sites (tertiary alicyclic amines) is 1. The maximum Gasteiger partial charge on any atom is 0.276 e. The van der Waals surface area contributed by atoms with Crippen molar-refractivity contribution in [1.82, 2.24) is 25.0 Å². The van der Waals surface area contributed by atoms with Crippen LogP contribution in [-0.4, -0.2) is 77.4 Å². The molecule has 0 saturated carbocycles. The Balaban J connectivity index is 1.16. The molecule has 3 aromatic rings. The summed E-state index contributed by atoms with van der Waals surface area (Å²) in [6.45, 7) is 4.73. The van der Waals surface area contributed by atoms with Gasteiger partial charge >= 0.3 is 0 Å². The molecule has 34 heavy (non-hydrogen) atoms. The third kappa shape index (κ3) is 4.84. The van der Waals surface area contributed by atoms with E-state index in [9.17, 15) is 9.90 Å². The lowest BCUT2D eigenvalue weighted by Gasteiger charge is -2.18. The molecule has 2 aromatic heterocycles. The number of aliphatic hydroxyl groups excluding tert-OH is 1. The second-order valence-electron chi connectivity index (χ2n) is 8.67. The lowest BCUT2D eigenvalue weighted by molar-refractivity contribution is 0.140. The Morgan fingerprint density at radius 2 is 1.97 bits per heavy atom. The number of methoxy groups -OCH3 is 1. The molecule has 2 aliphatic rings. The highest BCUT2D eigenvalue weighted by molar-refractivity contribution is 5.80. The standard InChI is InChI=1S/C24H29N5O5/c1-32-19-4-2-16-3-5-23(31)29(20(16)11-19)7-6-28-14-17(21(30)15-28)12-25-13-18-10-22-24(27-26-18)34-9-8-33-22/h2-5,10-11,17,21,25,30H,6-9,12-15H2,1H3. The monoisotopic (exact) mass is 467 g/mol. The Kier molecular flexibility index (Phi) is 6.61. The van der Waals surface area contributed by atoms with Gasteiger partial charge in [0, 0.05) is 63.4 Å². The molecule has 0 aliphatic carbocycles. The van der Waals surface area contributed by atoms with Gasteiger partial charge in [0.1, 0.15) is 19.0 Å². The van der Waals surface area contributed by atoms with Crippen LogP contribution < -0.4 is 25.1 Å². The predicted octanol–water partition coefficient (Wildman–Crippen LogP) is 0.654. The number of ether oxygens (including phenoxy) is 3. The van der Waals surface area contributed by atoms with Crippen molar-refractivity contribution in [3.63, 3.8) is 0 Å². The first kappa shape index (κ1) is 22.6. The summed E-state index contributed by atoms with van der Waals surface area (Å²) in [6.07, 6.45) is -0.428. The molecule has 1 fully saturated rings. The van der Waals surface area contributed by atoms with Crippen LogP contribution in [0.15, 0.2) is 41.2 Å². The van der Waals surface area contributed by atoms with E-state index < -0.39 is 6.10 Å². The third-order valence-corrected chi connectivity index (χ3v) is 6.39. The number of nitrogens with zero attached hydrogens (tertiary/aromatic N) is 4. The lowest BCUT2D eigenvalue weighted by atomic mass is 10.1. The number of nitrogens with one attached hydrogen (secondary N) is 1. The fraction of sp³-hybridized carbons (Fsp3) is 0.458. The van der Waals surface area contributed by atoms with Gasteiger partial charge in [-0.3, -0.25) is 9.69 Å². The van der Waals surface area contributed by atoms with E-state index in [4.69, 9.17) is 14.2 Å². The smallest absolute Gasteiger partial charge is 0.276 e. The second-order valence-corrected chi connectivity index (χ2v) is 8.67. The molecule has 4 heterocycles. The van der Waals surface area contributed by atoms with Crippen molar-refractivity contribution in [3.8, 4) is 17.4 Å². The predicted molar refractivity (Wildman–Crippen MR) is 125 cm³/mol. The van der Waals surface area contributed by atoms with Crippen molar-refractivity contribution in [1.29, 1.82) is 0 Å². The Bertz CT molecular complexity index is 1220. The number of β-amino-alcohol motifs (C(OH)–C–C–N with tert-alkyl or cyclic N) is 1. The molecule has 10 nitrogen and oxygen atoms in total. The number of hydrogen-bond acceptors (Lipinski definition) is 9. The van der Waals surface area contributed by atoms with Crippen LogP contribution in [0.2, 0.25) is 0 Å². The first-order valence-corrected chi connectivity index (χ1v) is 11.5. The van der Waals surface area contributed by atoms with Crippen molar-refractivity contribution in [2.45, 2.75) is 19.2 Å². The summed E-state index contributed by atoms with van der Waals surface area (Å²) in [4.78, 5) is 14.7. The van der Waals surface area contributed by atoms with Crippen LogP contribution in [0.1, 0.15) is 5.69 Å². The van der Waals surface area contributed by atoms with Gasteiger partial charge in [-0.2, -0.15) is 5.10 Å². The zero-order valence-electron chi connectivity index (χ0n) is 19.1. The summed E-state index contributed by atoms with van der Waals surface area (Å²) in [5.74, 6) is 1.86. The Morgan fingerprint density at radius 3 is 2.85 bits per heavy atom. The molecular formula is C24H29N5O5. The number of benzene rings is 1. The van der Waals surface area contributed by atoms with E-state index in [2.05, 4.69) is 20.4 Å². The van der Waals surface area contributed by atoms with Gasteiger partial charge in [0.15, 0.2) is 5.75 Å². The molecule has 10 heteroatoms. The topological polar surface area (TPSA) is 111 Å². The minimum absolute atomic E-state index is 0.0424. The second kappa shape index (κ2) is 9.96. The summed E-state index contributed by atoms with van der Waals surface area (Å²) in [5.41, 5.74) is 1.57. The van der Waals surface area contributed by atoms with Gasteiger partial charge in [0.25, 0.3) is 11.4 Å². The number of aliphatic hydroxyl groups is 1. The minimum atomic E-state index is -0.428. The normalized spacial score (nSPS) is 20.1. The highest BCUT2D eigenvalue weighted by atomic mass is 16.6. The van der Waals surface area contributed by atoms with Gasteiger partial charge in [-0.25, -0.2) is 0 Å². The third-order valence-electron chi connectivity index (χ3n) is 6.39. The fourth-order valence-corrected chi connectivity index (χ4v) is 4.56. The van der Waals surface area contributed by atoms with E-state index in [1.807, 2.05) is 30.3 Å². The summed E-state index contributed by atoms with van der Waals surface area (Å²) in [5, 5.41) is 23.2. The largest absolute Gasteiger partial charge is 0.497 e. The molecule has 1 saturated heterocycles. The summed E-state index contributed by atoms with van der Waals surface area (Å²) in [6, 6.07) is 11.0. The van der Waals surface area contributed by atoms with Crippen molar-refractivity contribution >= 4 is 10.9 Å². The van der Waals surface area contributed by atoms with Crippen molar-refractivity contribution in [3.05, 3.63) is 52.4 Å². The number of aromatic nitrogens is 3. The Hall–Kier alpha value is -3.21. The van der Waals surface area contributed by atoms with Crippen LogP contribution >= 0.6 is 0 Å². The number of rotatable bonds is 8. The molecular weight excluding hydrogens is 438 g/mol. The van der Waals surface area contributed by atoms with E-state index in [1.54, 1.807) is 17.7 Å². The van der Waals surface area contributed by atoms with Crippen LogP contribution in [-0.2, 0) is 13.1 Å². The summed E-state index contributed by atoms with van der Waals surface area (Å²) >= 11 is 0. The summed E-state index contributed by atoms with van der Waals surface area (Å²) < 4.78 is 18.1. The van der Waals surface area contributed by atoms with Crippen molar-refractivity contribution < 1.29 is 19.3 Å².